The van der Waals surface area contributed by atoms with E-state index in [2.05, 4.69) is 5.32 Å². The first-order chi connectivity index (χ1) is 8.71. The molecule has 0 aliphatic carbocycles. The van der Waals surface area contributed by atoms with Gasteiger partial charge in [-0.05, 0) is 37.5 Å². The molecule has 4 nitrogen and oxygen atoms in total. The summed E-state index contributed by atoms with van der Waals surface area (Å²) in [6.07, 6.45) is 0.584. The molecule has 1 atom stereocenters. The lowest BCUT2D eigenvalue weighted by Gasteiger charge is -2.25. The Bertz CT molecular complexity index is 458. The Labute approximate surface area is 118 Å². The number of aliphatic hydroxyl groups is 1. The van der Waals surface area contributed by atoms with Gasteiger partial charge in [0.1, 0.15) is 5.75 Å². The zero-order valence-corrected chi connectivity index (χ0v) is 12.2. The SMILES string of the molecule is CC(C)CC(C)(O)CNC(=O)c1cc(O)ccc1Cl. The molecule has 0 aliphatic heterocycles. The lowest BCUT2D eigenvalue weighted by atomic mass is 9.94. The topological polar surface area (TPSA) is 69.6 Å². The third kappa shape index (κ3) is 5.09. The number of amides is 1. The van der Waals surface area contributed by atoms with Gasteiger partial charge in [-0.25, -0.2) is 0 Å². The van der Waals surface area contributed by atoms with E-state index in [1.807, 2.05) is 13.8 Å². The molecule has 0 saturated heterocycles. The van der Waals surface area contributed by atoms with E-state index in [-0.39, 0.29) is 22.9 Å². The van der Waals surface area contributed by atoms with Crippen molar-refractivity contribution in [2.24, 2.45) is 5.92 Å². The van der Waals surface area contributed by atoms with Crippen LogP contribution in [0.25, 0.3) is 0 Å². The van der Waals surface area contributed by atoms with Gasteiger partial charge in [0.2, 0.25) is 0 Å². The highest BCUT2D eigenvalue weighted by Gasteiger charge is 2.23. The highest BCUT2D eigenvalue weighted by atomic mass is 35.5. The normalized spacial score (nSPS) is 14.2. The zero-order valence-electron chi connectivity index (χ0n) is 11.4. The maximum absolute atomic E-state index is 11.9. The maximum atomic E-state index is 11.9. The van der Waals surface area contributed by atoms with Crippen molar-refractivity contribution in [1.82, 2.24) is 5.32 Å². The summed E-state index contributed by atoms with van der Waals surface area (Å²) in [4.78, 5) is 11.9. The summed E-state index contributed by atoms with van der Waals surface area (Å²) in [6.45, 7) is 5.82. The molecule has 1 amide bonds. The van der Waals surface area contributed by atoms with E-state index < -0.39 is 11.5 Å². The van der Waals surface area contributed by atoms with Crippen LogP contribution in [0.4, 0.5) is 0 Å². The first-order valence-electron chi connectivity index (χ1n) is 6.20. The summed E-state index contributed by atoms with van der Waals surface area (Å²) in [5, 5.41) is 22.3. The van der Waals surface area contributed by atoms with Crippen LogP contribution in [-0.2, 0) is 0 Å². The van der Waals surface area contributed by atoms with Gasteiger partial charge >= 0.3 is 0 Å². The molecule has 19 heavy (non-hydrogen) atoms. The number of carbonyl (C=O) groups is 1. The average molecular weight is 286 g/mol. The Morgan fingerprint density at radius 2 is 2.11 bits per heavy atom. The van der Waals surface area contributed by atoms with E-state index in [0.29, 0.717) is 12.3 Å². The molecule has 0 aromatic heterocycles. The van der Waals surface area contributed by atoms with E-state index in [1.165, 1.54) is 18.2 Å². The van der Waals surface area contributed by atoms with Crippen LogP contribution in [0.5, 0.6) is 5.75 Å². The number of hydrogen-bond donors (Lipinski definition) is 3. The molecule has 0 radical (unpaired) electrons. The predicted molar refractivity (Wildman–Crippen MR) is 75.5 cm³/mol. The minimum atomic E-state index is -0.965. The van der Waals surface area contributed by atoms with Crippen molar-refractivity contribution in [3.63, 3.8) is 0 Å². The van der Waals surface area contributed by atoms with Gasteiger partial charge < -0.3 is 15.5 Å². The lowest BCUT2D eigenvalue weighted by Crippen LogP contribution is -2.41. The van der Waals surface area contributed by atoms with Gasteiger partial charge in [0.05, 0.1) is 16.2 Å². The quantitative estimate of drug-likeness (QED) is 0.779. The number of rotatable bonds is 5. The molecule has 0 spiro atoms. The number of benzene rings is 1. The molecule has 0 saturated carbocycles. The van der Waals surface area contributed by atoms with Crippen molar-refractivity contribution in [1.29, 1.82) is 0 Å². The van der Waals surface area contributed by atoms with Crippen molar-refractivity contribution in [3.05, 3.63) is 28.8 Å². The fourth-order valence-corrected chi connectivity index (χ4v) is 2.21. The molecular weight excluding hydrogens is 266 g/mol. The van der Waals surface area contributed by atoms with Gasteiger partial charge in [-0.15, -0.1) is 0 Å². The monoisotopic (exact) mass is 285 g/mol. The Kier molecular flexibility index (Phi) is 5.20. The highest BCUT2D eigenvalue weighted by molar-refractivity contribution is 6.33. The molecule has 5 heteroatoms. The molecule has 106 valence electrons. The minimum absolute atomic E-state index is 0.0245. The van der Waals surface area contributed by atoms with Crippen LogP contribution in [0.1, 0.15) is 37.6 Å². The van der Waals surface area contributed by atoms with Gasteiger partial charge in [-0.1, -0.05) is 25.4 Å². The Morgan fingerprint density at radius 3 is 2.68 bits per heavy atom. The van der Waals surface area contributed by atoms with Crippen molar-refractivity contribution in [2.75, 3.05) is 6.54 Å². The van der Waals surface area contributed by atoms with E-state index >= 15 is 0 Å². The summed E-state index contributed by atoms with van der Waals surface area (Å²) in [5.74, 6) is -0.107. The van der Waals surface area contributed by atoms with E-state index in [0.717, 1.165) is 0 Å². The van der Waals surface area contributed by atoms with Crippen LogP contribution in [0, 0.1) is 5.92 Å². The number of aromatic hydroxyl groups is 1. The molecule has 1 rings (SSSR count). The maximum Gasteiger partial charge on any atom is 0.253 e. The lowest BCUT2D eigenvalue weighted by molar-refractivity contribution is 0.0368. The predicted octanol–water partition coefficient (Wildman–Crippen LogP) is 2.57. The molecular formula is C14H20ClNO3. The van der Waals surface area contributed by atoms with Crippen molar-refractivity contribution >= 4 is 17.5 Å². The molecule has 1 aromatic carbocycles. The Hall–Kier alpha value is -1.26. The highest BCUT2D eigenvalue weighted by Crippen LogP contribution is 2.21. The van der Waals surface area contributed by atoms with E-state index in [9.17, 15) is 15.0 Å². The van der Waals surface area contributed by atoms with Gasteiger partial charge in [-0.3, -0.25) is 4.79 Å². The minimum Gasteiger partial charge on any atom is -0.508 e. The van der Waals surface area contributed by atoms with Crippen LogP contribution >= 0.6 is 11.6 Å². The molecule has 0 bridgehead atoms. The molecule has 0 aliphatic rings. The molecule has 3 N–H and O–H groups in total. The number of phenolic OH excluding ortho intramolecular Hbond substituents is 1. The van der Waals surface area contributed by atoms with Crippen LogP contribution in [0.3, 0.4) is 0 Å². The fourth-order valence-electron chi connectivity index (χ4n) is 2.00. The van der Waals surface area contributed by atoms with Gasteiger partial charge in [0.25, 0.3) is 5.91 Å². The van der Waals surface area contributed by atoms with Crippen LogP contribution < -0.4 is 5.32 Å². The average Bonchev–Trinajstić information content (AvgIpc) is 2.27. The summed E-state index contributed by atoms with van der Waals surface area (Å²) in [5.41, 5.74) is -0.769. The van der Waals surface area contributed by atoms with Crippen molar-refractivity contribution in [3.8, 4) is 5.75 Å². The number of hydrogen-bond acceptors (Lipinski definition) is 3. The summed E-state index contributed by atoms with van der Waals surface area (Å²) < 4.78 is 0. The molecule has 0 heterocycles. The van der Waals surface area contributed by atoms with Gasteiger partial charge in [0, 0.05) is 6.54 Å². The number of carbonyl (C=O) groups excluding carboxylic acids is 1. The largest absolute Gasteiger partial charge is 0.508 e. The van der Waals surface area contributed by atoms with Gasteiger partial charge in [-0.2, -0.15) is 0 Å². The van der Waals surface area contributed by atoms with Crippen LogP contribution in [0.2, 0.25) is 5.02 Å². The Balaban J connectivity index is 2.68. The third-order valence-electron chi connectivity index (χ3n) is 2.67. The summed E-state index contributed by atoms with van der Waals surface area (Å²) in [7, 11) is 0. The molecule has 1 aromatic rings. The summed E-state index contributed by atoms with van der Waals surface area (Å²) >= 11 is 5.89. The van der Waals surface area contributed by atoms with Crippen LogP contribution in [-0.4, -0.2) is 28.3 Å². The van der Waals surface area contributed by atoms with E-state index in [1.54, 1.807) is 6.92 Å². The van der Waals surface area contributed by atoms with Crippen LogP contribution in [0.15, 0.2) is 18.2 Å². The number of halogens is 1. The first-order valence-corrected chi connectivity index (χ1v) is 6.58. The zero-order chi connectivity index (χ0) is 14.6. The standard InChI is InChI=1S/C14H20ClNO3/c1-9(2)7-14(3,19)8-16-13(18)11-6-10(17)4-5-12(11)15/h4-6,9,17,19H,7-8H2,1-3H3,(H,16,18). The first kappa shape index (κ1) is 15.8. The number of phenols is 1. The molecule has 1 unspecified atom stereocenters. The number of nitrogens with one attached hydrogen (secondary N) is 1. The second kappa shape index (κ2) is 6.26. The fraction of sp³-hybridized carbons (Fsp3) is 0.500. The van der Waals surface area contributed by atoms with Crippen molar-refractivity contribution in [2.45, 2.75) is 32.8 Å². The summed E-state index contributed by atoms with van der Waals surface area (Å²) in [6, 6.07) is 4.17. The second-order valence-corrected chi connectivity index (χ2v) is 5.85. The third-order valence-corrected chi connectivity index (χ3v) is 3.00. The molecule has 0 fully saturated rings. The van der Waals surface area contributed by atoms with Crippen molar-refractivity contribution < 1.29 is 15.0 Å². The Morgan fingerprint density at radius 1 is 1.47 bits per heavy atom. The second-order valence-electron chi connectivity index (χ2n) is 5.44. The van der Waals surface area contributed by atoms with Gasteiger partial charge in [0.15, 0.2) is 0 Å². The van der Waals surface area contributed by atoms with E-state index in [4.69, 9.17) is 11.6 Å². The smallest absolute Gasteiger partial charge is 0.253 e.